The standard InChI is InChI=1S/C20H25ClN6O/c1-20(2,3)19-24-17(26-8-5-10-28-11-9-26)16-18(25-19)27(13-23-16)12-15-14(21)6-4-7-22-15/h4,6-7,13H,5,8-12H2,1-3H3. The van der Waals surface area contributed by atoms with Crippen LogP contribution in [0.25, 0.3) is 11.2 Å². The van der Waals surface area contributed by atoms with Crippen molar-refractivity contribution in [3.8, 4) is 0 Å². The van der Waals surface area contributed by atoms with Crippen molar-refractivity contribution in [1.29, 1.82) is 0 Å². The Kier molecular flexibility index (Phi) is 5.21. The Labute approximate surface area is 169 Å². The lowest BCUT2D eigenvalue weighted by molar-refractivity contribution is 0.152. The molecule has 3 aromatic rings. The van der Waals surface area contributed by atoms with Crippen molar-refractivity contribution in [2.45, 2.75) is 39.2 Å². The fraction of sp³-hybridized carbons (Fsp3) is 0.500. The Hall–Kier alpha value is -2.25. The molecule has 0 saturated carbocycles. The quantitative estimate of drug-likeness (QED) is 0.670. The first-order valence-corrected chi connectivity index (χ1v) is 9.97. The van der Waals surface area contributed by atoms with Crippen molar-refractivity contribution >= 4 is 28.6 Å². The summed E-state index contributed by atoms with van der Waals surface area (Å²) in [7, 11) is 0. The highest BCUT2D eigenvalue weighted by Gasteiger charge is 2.25. The summed E-state index contributed by atoms with van der Waals surface area (Å²) in [6.45, 7) is 10.1. The lowest BCUT2D eigenvalue weighted by Crippen LogP contribution is -2.29. The van der Waals surface area contributed by atoms with Gasteiger partial charge < -0.3 is 14.2 Å². The third-order valence-electron chi connectivity index (χ3n) is 4.79. The van der Waals surface area contributed by atoms with Crippen LogP contribution >= 0.6 is 11.6 Å². The Morgan fingerprint density at radius 2 is 2.00 bits per heavy atom. The van der Waals surface area contributed by atoms with Gasteiger partial charge in [-0.25, -0.2) is 15.0 Å². The van der Waals surface area contributed by atoms with E-state index in [1.807, 2.05) is 16.7 Å². The number of nitrogens with zero attached hydrogens (tertiary/aromatic N) is 6. The summed E-state index contributed by atoms with van der Waals surface area (Å²) in [5.41, 5.74) is 2.23. The van der Waals surface area contributed by atoms with E-state index in [1.54, 1.807) is 12.5 Å². The summed E-state index contributed by atoms with van der Waals surface area (Å²) < 4.78 is 7.62. The molecular weight excluding hydrogens is 376 g/mol. The molecule has 1 aliphatic rings. The first-order chi connectivity index (χ1) is 13.4. The van der Waals surface area contributed by atoms with Crippen molar-refractivity contribution in [3.05, 3.63) is 41.2 Å². The van der Waals surface area contributed by atoms with E-state index in [1.165, 1.54) is 0 Å². The largest absolute Gasteiger partial charge is 0.380 e. The van der Waals surface area contributed by atoms with Crippen LogP contribution in [0.4, 0.5) is 5.82 Å². The summed E-state index contributed by atoms with van der Waals surface area (Å²) in [4.78, 5) is 21.1. The van der Waals surface area contributed by atoms with E-state index in [0.29, 0.717) is 18.2 Å². The van der Waals surface area contributed by atoms with Crippen LogP contribution in [0.15, 0.2) is 24.7 Å². The van der Waals surface area contributed by atoms with Gasteiger partial charge in [0, 0.05) is 31.3 Å². The molecule has 0 spiro atoms. The predicted octanol–water partition coefficient (Wildman–Crippen LogP) is 3.45. The first kappa shape index (κ1) is 19.1. The van der Waals surface area contributed by atoms with Crippen LogP contribution < -0.4 is 4.90 Å². The lowest BCUT2D eigenvalue weighted by Gasteiger charge is -2.24. The van der Waals surface area contributed by atoms with Crippen LogP contribution in [0.2, 0.25) is 5.02 Å². The van der Waals surface area contributed by atoms with Crippen molar-refractivity contribution in [2.24, 2.45) is 0 Å². The number of fused-ring (bicyclic) bond motifs is 1. The minimum Gasteiger partial charge on any atom is -0.380 e. The Morgan fingerprint density at radius 3 is 2.79 bits per heavy atom. The fourth-order valence-corrected chi connectivity index (χ4v) is 3.44. The highest BCUT2D eigenvalue weighted by Crippen LogP contribution is 2.29. The van der Waals surface area contributed by atoms with Crippen LogP contribution in [0.1, 0.15) is 38.7 Å². The van der Waals surface area contributed by atoms with E-state index >= 15 is 0 Å². The topological polar surface area (TPSA) is 69.0 Å². The molecule has 0 aliphatic carbocycles. The second kappa shape index (κ2) is 7.64. The van der Waals surface area contributed by atoms with Crippen LogP contribution in [0.5, 0.6) is 0 Å². The molecule has 0 bridgehead atoms. The molecule has 3 aromatic heterocycles. The van der Waals surface area contributed by atoms with E-state index in [9.17, 15) is 0 Å². The number of aromatic nitrogens is 5. The molecule has 0 atom stereocenters. The number of rotatable bonds is 3. The maximum atomic E-state index is 6.32. The number of halogens is 1. The van der Waals surface area contributed by atoms with Gasteiger partial charge in [-0.2, -0.15) is 0 Å². The smallest absolute Gasteiger partial charge is 0.166 e. The number of hydrogen-bond acceptors (Lipinski definition) is 6. The molecule has 28 heavy (non-hydrogen) atoms. The number of hydrogen-bond donors (Lipinski definition) is 0. The number of pyridine rings is 1. The summed E-state index contributed by atoms with van der Waals surface area (Å²) in [5.74, 6) is 1.68. The van der Waals surface area contributed by atoms with Crippen LogP contribution in [0.3, 0.4) is 0 Å². The summed E-state index contributed by atoms with van der Waals surface area (Å²) in [6.07, 6.45) is 4.52. The van der Waals surface area contributed by atoms with Gasteiger partial charge >= 0.3 is 0 Å². The maximum Gasteiger partial charge on any atom is 0.166 e. The zero-order valence-corrected chi connectivity index (χ0v) is 17.3. The molecule has 0 N–H and O–H groups in total. The molecule has 148 valence electrons. The average molecular weight is 401 g/mol. The van der Waals surface area contributed by atoms with Gasteiger partial charge in [-0.05, 0) is 18.6 Å². The molecule has 0 radical (unpaired) electrons. The molecule has 4 heterocycles. The fourth-order valence-electron chi connectivity index (χ4n) is 3.25. The Balaban J connectivity index is 1.83. The van der Waals surface area contributed by atoms with Gasteiger partial charge in [0.1, 0.15) is 5.82 Å². The van der Waals surface area contributed by atoms with E-state index in [4.69, 9.17) is 26.3 Å². The monoisotopic (exact) mass is 400 g/mol. The molecule has 7 nitrogen and oxygen atoms in total. The Morgan fingerprint density at radius 1 is 1.14 bits per heavy atom. The van der Waals surface area contributed by atoms with E-state index in [-0.39, 0.29) is 5.41 Å². The van der Waals surface area contributed by atoms with E-state index in [0.717, 1.165) is 54.6 Å². The van der Waals surface area contributed by atoms with Gasteiger partial charge in [-0.3, -0.25) is 4.98 Å². The molecule has 0 amide bonds. The molecule has 1 fully saturated rings. The van der Waals surface area contributed by atoms with Gasteiger partial charge in [0.15, 0.2) is 17.0 Å². The zero-order chi connectivity index (χ0) is 19.7. The first-order valence-electron chi connectivity index (χ1n) is 9.59. The van der Waals surface area contributed by atoms with Crippen molar-refractivity contribution < 1.29 is 4.74 Å². The highest BCUT2D eigenvalue weighted by molar-refractivity contribution is 6.31. The van der Waals surface area contributed by atoms with Crippen LogP contribution in [-0.2, 0) is 16.7 Å². The molecule has 0 unspecified atom stereocenters. The van der Waals surface area contributed by atoms with Gasteiger partial charge in [0.05, 0.1) is 30.2 Å². The van der Waals surface area contributed by atoms with Crippen LogP contribution in [-0.4, -0.2) is 50.8 Å². The molecule has 4 rings (SSSR count). The summed E-state index contributed by atoms with van der Waals surface area (Å²) >= 11 is 6.32. The van der Waals surface area contributed by atoms with E-state index < -0.39 is 0 Å². The highest BCUT2D eigenvalue weighted by atomic mass is 35.5. The maximum absolute atomic E-state index is 6.32. The number of imidazole rings is 1. The molecule has 0 aromatic carbocycles. The van der Waals surface area contributed by atoms with E-state index in [2.05, 4.69) is 35.6 Å². The second-order valence-electron chi connectivity index (χ2n) is 8.05. The van der Waals surface area contributed by atoms with Gasteiger partial charge in [-0.1, -0.05) is 32.4 Å². The zero-order valence-electron chi connectivity index (χ0n) is 16.5. The molecule has 8 heteroatoms. The van der Waals surface area contributed by atoms with Crippen molar-refractivity contribution in [1.82, 2.24) is 24.5 Å². The summed E-state index contributed by atoms with van der Waals surface area (Å²) in [5, 5.41) is 0.638. The lowest BCUT2D eigenvalue weighted by atomic mass is 9.96. The Bertz CT molecular complexity index is 972. The average Bonchev–Trinajstić information content (AvgIpc) is 2.88. The minimum atomic E-state index is -0.178. The van der Waals surface area contributed by atoms with Gasteiger partial charge in [0.25, 0.3) is 0 Å². The predicted molar refractivity (Wildman–Crippen MR) is 110 cm³/mol. The number of ether oxygens (including phenoxy) is 1. The minimum absolute atomic E-state index is 0.178. The second-order valence-corrected chi connectivity index (χ2v) is 8.46. The molecule has 1 saturated heterocycles. The third kappa shape index (κ3) is 3.82. The van der Waals surface area contributed by atoms with Crippen LogP contribution in [0, 0.1) is 0 Å². The van der Waals surface area contributed by atoms with Crippen molar-refractivity contribution in [3.63, 3.8) is 0 Å². The number of anilines is 1. The van der Waals surface area contributed by atoms with Crippen molar-refractivity contribution in [2.75, 3.05) is 31.2 Å². The normalized spacial score (nSPS) is 15.8. The SMILES string of the molecule is CC(C)(C)c1nc(N2CCCOCC2)c2ncn(Cc3ncccc3Cl)c2n1. The third-order valence-corrected chi connectivity index (χ3v) is 5.14. The molecule has 1 aliphatic heterocycles. The molecular formula is C20H25ClN6O. The summed E-state index contributed by atoms with van der Waals surface area (Å²) in [6, 6.07) is 3.68. The van der Waals surface area contributed by atoms with Gasteiger partial charge in [-0.15, -0.1) is 0 Å². The van der Waals surface area contributed by atoms with Gasteiger partial charge in [0.2, 0.25) is 0 Å².